The molecule has 0 bridgehead atoms. The predicted octanol–water partition coefficient (Wildman–Crippen LogP) is 4.22. The summed E-state index contributed by atoms with van der Waals surface area (Å²) in [5, 5.41) is -0.545. The third-order valence-corrected chi connectivity index (χ3v) is 12.5. The van der Waals surface area contributed by atoms with Gasteiger partial charge >= 0.3 is 7.67 Å². The zero-order valence-corrected chi connectivity index (χ0v) is 26.5. The van der Waals surface area contributed by atoms with E-state index in [2.05, 4.69) is 32.6 Å². The first kappa shape index (κ1) is 32.4. The normalized spacial score (nSPS) is 30.9. The molecule has 2 rings (SSSR count). The Morgan fingerprint density at radius 1 is 0.778 bits per heavy atom. The molecule has 0 N–H and O–H groups in total. The third-order valence-electron chi connectivity index (χ3n) is 6.68. The molecule has 0 aliphatic carbocycles. The van der Waals surface area contributed by atoms with Gasteiger partial charge < -0.3 is 18.5 Å². The Labute approximate surface area is 220 Å². The van der Waals surface area contributed by atoms with Gasteiger partial charge in [-0.05, 0) is 83.6 Å². The minimum absolute atomic E-state index is 0.0213. The second-order valence-electron chi connectivity index (χ2n) is 12.6. The Morgan fingerprint density at radius 2 is 1.28 bits per heavy atom. The van der Waals surface area contributed by atoms with E-state index in [9.17, 15) is 9.13 Å². The molecular formula is C24H52N4O6P2. The molecule has 0 aromatic rings. The molecule has 2 saturated heterocycles. The van der Waals surface area contributed by atoms with E-state index < -0.39 is 20.3 Å². The third kappa shape index (κ3) is 7.84. The maximum absolute atomic E-state index is 14.2. The molecule has 6 atom stereocenters. The van der Waals surface area contributed by atoms with Gasteiger partial charge in [0.25, 0.3) is 7.52 Å². The summed E-state index contributed by atoms with van der Waals surface area (Å²) in [6.07, 6.45) is -0.661. The fourth-order valence-corrected chi connectivity index (χ4v) is 9.00. The maximum Gasteiger partial charge on any atom is 0.345 e. The Kier molecular flexibility index (Phi) is 10.9. The Bertz CT molecular complexity index is 813. The molecule has 2 aliphatic rings. The van der Waals surface area contributed by atoms with E-state index in [0.717, 1.165) is 13.1 Å². The van der Waals surface area contributed by atoms with Crippen LogP contribution in [0.15, 0.2) is 0 Å². The highest BCUT2D eigenvalue weighted by Gasteiger charge is 2.44. The Balaban J connectivity index is 2.12. The van der Waals surface area contributed by atoms with Crippen molar-refractivity contribution >= 4 is 15.2 Å². The van der Waals surface area contributed by atoms with Crippen molar-refractivity contribution in [3.8, 4) is 0 Å². The lowest BCUT2D eigenvalue weighted by Crippen LogP contribution is -2.55. The van der Waals surface area contributed by atoms with Crippen LogP contribution < -0.4 is 0 Å². The van der Waals surface area contributed by atoms with Crippen LogP contribution in [-0.4, -0.2) is 122 Å². The number of hydrogen-bond acceptors (Lipinski definition) is 7. The SMILES string of the molecule is C[C@H]1CN(C(C)(C)C)CC(COP(=O)(N(C)C)N2CC(COP(=O)(N(C)C)C(C)(C)C)O[C@@H](C)C2)O1. The molecule has 0 saturated carbocycles. The van der Waals surface area contributed by atoms with Gasteiger partial charge in [0.2, 0.25) is 0 Å². The van der Waals surface area contributed by atoms with Crippen LogP contribution >= 0.6 is 15.2 Å². The number of nitrogens with zero attached hydrogens (tertiary/aromatic N) is 4. The lowest BCUT2D eigenvalue weighted by molar-refractivity contribution is -0.115. The molecule has 10 nitrogen and oxygen atoms in total. The van der Waals surface area contributed by atoms with Crippen molar-refractivity contribution in [1.82, 2.24) is 18.9 Å². The summed E-state index contributed by atoms with van der Waals surface area (Å²) in [5.74, 6) is 0. The molecule has 214 valence electrons. The first-order chi connectivity index (χ1) is 16.3. The van der Waals surface area contributed by atoms with Crippen LogP contribution in [-0.2, 0) is 27.7 Å². The zero-order valence-electron chi connectivity index (χ0n) is 24.7. The van der Waals surface area contributed by atoms with Crippen LogP contribution in [0, 0.1) is 0 Å². The molecule has 0 radical (unpaired) electrons. The predicted molar refractivity (Wildman–Crippen MR) is 146 cm³/mol. The molecule has 0 aromatic carbocycles. The molecular weight excluding hydrogens is 502 g/mol. The first-order valence-corrected chi connectivity index (χ1v) is 16.1. The molecule has 2 aliphatic heterocycles. The summed E-state index contributed by atoms with van der Waals surface area (Å²) in [4.78, 5) is 2.39. The maximum atomic E-state index is 14.2. The van der Waals surface area contributed by atoms with Crippen LogP contribution in [0.2, 0.25) is 0 Å². The molecule has 2 fully saturated rings. The van der Waals surface area contributed by atoms with Crippen molar-refractivity contribution in [2.45, 2.75) is 90.5 Å². The quantitative estimate of drug-likeness (QED) is 0.386. The molecule has 0 aromatic heterocycles. The van der Waals surface area contributed by atoms with Gasteiger partial charge in [-0.2, -0.15) is 0 Å². The van der Waals surface area contributed by atoms with Gasteiger partial charge in [0.05, 0.1) is 42.8 Å². The number of hydrogen-bond donors (Lipinski definition) is 0. The minimum Gasteiger partial charge on any atom is -0.370 e. The first-order valence-electron chi connectivity index (χ1n) is 13.0. The van der Waals surface area contributed by atoms with E-state index in [1.165, 1.54) is 0 Å². The van der Waals surface area contributed by atoms with Crippen molar-refractivity contribution in [2.75, 3.05) is 67.6 Å². The molecule has 12 heteroatoms. The van der Waals surface area contributed by atoms with Crippen molar-refractivity contribution in [1.29, 1.82) is 0 Å². The number of morpholine rings is 2. The highest BCUT2D eigenvalue weighted by atomic mass is 31.2. The topological polar surface area (TPSA) is 84.0 Å². The Morgan fingerprint density at radius 3 is 1.75 bits per heavy atom. The van der Waals surface area contributed by atoms with Gasteiger partial charge in [0.1, 0.15) is 0 Å². The van der Waals surface area contributed by atoms with Crippen LogP contribution in [0.5, 0.6) is 0 Å². The number of rotatable bonds is 9. The van der Waals surface area contributed by atoms with Crippen molar-refractivity contribution < 1.29 is 27.7 Å². The van der Waals surface area contributed by atoms with Gasteiger partial charge in [-0.15, -0.1) is 0 Å². The van der Waals surface area contributed by atoms with Gasteiger partial charge in [-0.3, -0.25) is 14.0 Å². The fourth-order valence-electron chi connectivity index (χ4n) is 4.73. The summed E-state index contributed by atoms with van der Waals surface area (Å²) in [6.45, 7) is 19.1. The number of ether oxygens (including phenoxy) is 2. The van der Waals surface area contributed by atoms with Gasteiger partial charge in [-0.1, -0.05) is 0 Å². The van der Waals surface area contributed by atoms with E-state index in [1.807, 2.05) is 32.4 Å². The molecule has 2 heterocycles. The van der Waals surface area contributed by atoms with E-state index in [0.29, 0.717) is 13.1 Å². The summed E-state index contributed by atoms with van der Waals surface area (Å²) >= 11 is 0. The van der Waals surface area contributed by atoms with E-state index in [1.54, 1.807) is 37.5 Å². The lowest BCUT2D eigenvalue weighted by atomic mass is 10.0. The fraction of sp³-hybridized carbons (Fsp3) is 1.00. The minimum atomic E-state index is -3.35. The summed E-state index contributed by atoms with van der Waals surface area (Å²) in [7, 11) is 0.645. The lowest BCUT2D eigenvalue weighted by Gasteiger charge is -2.45. The molecule has 0 amide bonds. The van der Waals surface area contributed by atoms with E-state index >= 15 is 0 Å². The average Bonchev–Trinajstić information content (AvgIpc) is 2.73. The Hall–Kier alpha value is 0.140. The van der Waals surface area contributed by atoms with Crippen molar-refractivity contribution in [3.05, 3.63) is 0 Å². The van der Waals surface area contributed by atoms with E-state index in [-0.39, 0.29) is 43.2 Å². The smallest absolute Gasteiger partial charge is 0.345 e. The van der Waals surface area contributed by atoms with Crippen LogP contribution in [0.4, 0.5) is 0 Å². The van der Waals surface area contributed by atoms with Crippen LogP contribution in [0.1, 0.15) is 55.4 Å². The van der Waals surface area contributed by atoms with Gasteiger partial charge in [0.15, 0.2) is 0 Å². The van der Waals surface area contributed by atoms with E-state index in [4.69, 9.17) is 18.5 Å². The molecule has 36 heavy (non-hydrogen) atoms. The summed E-state index contributed by atoms with van der Waals surface area (Å²) in [5.41, 5.74) is 0.0213. The van der Waals surface area contributed by atoms with Crippen LogP contribution in [0.3, 0.4) is 0 Å². The summed E-state index contributed by atoms with van der Waals surface area (Å²) < 4.78 is 57.5. The van der Waals surface area contributed by atoms with Crippen molar-refractivity contribution in [3.63, 3.8) is 0 Å². The largest absolute Gasteiger partial charge is 0.370 e. The molecule has 0 spiro atoms. The van der Waals surface area contributed by atoms with Crippen molar-refractivity contribution in [2.24, 2.45) is 0 Å². The molecule has 4 unspecified atom stereocenters. The van der Waals surface area contributed by atoms with Gasteiger partial charge in [0, 0.05) is 31.7 Å². The highest BCUT2D eigenvalue weighted by molar-refractivity contribution is 7.58. The van der Waals surface area contributed by atoms with Crippen LogP contribution in [0.25, 0.3) is 0 Å². The summed E-state index contributed by atoms with van der Waals surface area (Å²) in [6, 6.07) is 0. The van der Waals surface area contributed by atoms with Gasteiger partial charge in [-0.25, -0.2) is 14.0 Å². The average molecular weight is 555 g/mol. The standard InChI is InChI=1S/C24H52N4O6P2/c1-19-13-27(23(3,4)5)15-21(33-19)18-32-36(30,26(11)12)28-14-20(2)34-22(16-28)17-31-35(29,25(9)10)24(6,7)8/h19-22H,13-18H2,1-12H3/t19-,20-,21?,22?,35?,36?/m0/s1. The highest BCUT2D eigenvalue weighted by Crippen LogP contribution is 2.60. The monoisotopic (exact) mass is 554 g/mol. The zero-order chi connectivity index (χ0) is 27.7. The second-order valence-corrected chi connectivity index (χ2v) is 18.6. The second kappa shape index (κ2) is 12.1.